The van der Waals surface area contributed by atoms with Gasteiger partial charge in [0, 0.05) is 42.3 Å². The Balaban J connectivity index is 1.37. The van der Waals surface area contributed by atoms with Crippen LogP contribution in [0.15, 0.2) is 24.3 Å². The fraction of sp³-hybridized carbons (Fsp3) is 0.550. The zero-order valence-corrected chi connectivity index (χ0v) is 15.1. The molecule has 0 aliphatic carbocycles. The highest BCUT2D eigenvalue weighted by Crippen LogP contribution is 2.24. The van der Waals surface area contributed by atoms with Crippen LogP contribution in [0.1, 0.15) is 30.5 Å². The van der Waals surface area contributed by atoms with Gasteiger partial charge in [-0.25, -0.2) is 0 Å². The van der Waals surface area contributed by atoms with Crippen molar-refractivity contribution >= 4 is 16.8 Å². The number of rotatable bonds is 3. The van der Waals surface area contributed by atoms with Crippen molar-refractivity contribution in [2.45, 2.75) is 38.8 Å². The first kappa shape index (κ1) is 16.6. The Labute approximate surface area is 149 Å². The molecule has 2 aliphatic heterocycles. The van der Waals surface area contributed by atoms with Gasteiger partial charge in [-0.2, -0.15) is 0 Å². The molecule has 2 aliphatic rings. The Morgan fingerprint density at radius 1 is 1.20 bits per heavy atom. The van der Waals surface area contributed by atoms with E-state index in [1.807, 2.05) is 0 Å². The Kier molecular flexibility index (Phi) is 4.77. The third-order valence-corrected chi connectivity index (χ3v) is 5.65. The summed E-state index contributed by atoms with van der Waals surface area (Å²) in [6.45, 7) is 7.81. The summed E-state index contributed by atoms with van der Waals surface area (Å²) in [4.78, 5) is 20.2. The number of nitrogens with zero attached hydrogens (tertiary/aromatic N) is 2. The Morgan fingerprint density at radius 2 is 2.04 bits per heavy atom. The van der Waals surface area contributed by atoms with Crippen LogP contribution in [0, 0.1) is 6.92 Å². The van der Waals surface area contributed by atoms with Crippen molar-refractivity contribution in [3.63, 3.8) is 0 Å². The van der Waals surface area contributed by atoms with E-state index in [0.717, 1.165) is 52.0 Å². The normalized spacial score (nSPS) is 21.4. The quantitative estimate of drug-likeness (QED) is 0.901. The van der Waals surface area contributed by atoms with Crippen LogP contribution in [0.2, 0.25) is 0 Å². The van der Waals surface area contributed by atoms with E-state index >= 15 is 0 Å². The zero-order chi connectivity index (χ0) is 17.2. The van der Waals surface area contributed by atoms with Crippen molar-refractivity contribution in [1.82, 2.24) is 20.1 Å². The van der Waals surface area contributed by atoms with Gasteiger partial charge < -0.3 is 10.3 Å². The summed E-state index contributed by atoms with van der Waals surface area (Å²) in [5.41, 5.74) is 3.87. The molecule has 2 saturated heterocycles. The fourth-order valence-corrected chi connectivity index (χ4v) is 4.32. The van der Waals surface area contributed by atoms with Crippen LogP contribution in [0.3, 0.4) is 0 Å². The zero-order valence-electron chi connectivity index (χ0n) is 15.1. The van der Waals surface area contributed by atoms with Gasteiger partial charge in [0.2, 0.25) is 5.91 Å². The van der Waals surface area contributed by atoms with Crippen LogP contribution in [-0.2, 0) is 11.3 Å². The van der Waals surface area contributed by atoms with Gasteiger partial charge >= 0.3 is 0 Å². The number of piperidine rings is 1. The number of amides is 1. The number of nitrogens with one attached hydrogen (secondary N) is 2. The molecule has 3 heterocycles. The van der Waals surface area contributed by atoms with Crippen molar-refractivity contribution in [1.29, 1.82) is 0 Å². The number of carbonyl (C=O) groups is 1. The van der Waals surface area contributed by atoms with Gasteiger partial charge in [0.25, 0.3) is 0 Å². The molecule has 0 spiro atoms. The van der Waals surface area contributed by atoms with Crippen molar-refractivity contribution in [3.8, 4) is 0 Å². The first-order valence-corrected chi connectivity index (χ1v) is 9.49. The van der Waals surface area contributed by atoms with Gasteiger partial charge in [-0.15, -0.1) is 0 Å². The van der Waals surface area contributed by atoms with Crippen LogP contribution in [0.5, 0.6) is 0 Å². The number of aryl methyl sites for hydroxylation is 1. The van der Waals surface area contributed by atoms with Crippen LogP contribution >= 0.6 is 0 Å². The minimum atomic E-state index is 0.189. The highest BCUT2D eigenvalue weighted by Gasteiger charge is 2.27. The van der Waals surface area contributed by atoms with Crippen LogP contribution in [0.25, 0.3) is 10.9 Å². The van der Waals surface area contributed by atoms with E-state index in [-0.39, 0.29) is 5.91 Å². The molecular weight excluding hydrogens is 312 g/mol. The topological polar surface area (TPSA) is 51.4 Å². The van der Waals surface area contributed by atoms with Crippen LogP contribution in [-0.4, -0.2) is 59.5 Å². The summed E-state index contributed by atoms with van der Waals surface area (Å²) in [7, 11) is 0. The number of hydrogen-bond donors (Lipinski definition) is 2. The lowest BCUT2D eigenvalue weighted by atomic mass is 10.0. The Morgan fingerprint density at radius 3 is 2.88 bits per heavy atom. The maximum atomic E-state index is 11.8. The van der Waals surface area contributed by atoms with E-state index in [0.29, 0.717) is 12.6 Å². The molecule has 25 heavy (non-hydrogen) atoms. The number of aromatic amines is 1. The van der Waals surface area contributed by atoms with E-state index in [4.69, 9.17) is 0 Å². The third kappa shape index (κ3) is 3.72. The first-order valence-electron chi connectivity index (χ1n) is 9.49. The molecule has 0 unspecified atom stereocenters. The van der Waals surface area contributed by atoms with Gasteiger partial charge in [0.15, 0.2) is 0 Å². The highest BCUT2D eigenvalue weighted by molar-refractivity contribution is 5.83. The molecule has 134 valence electrons. The molecule has 5 nitrogen and oxygen atoms in total. The molecule has 1 aromatic heterocycles. The molecule has 2 aromatic rings. The standard InChI is InChI=1S/C20H28N4O/c1-15-12-18-16(4-2-5-19(18)22-15)13-23-10-6-17(7-11-23)24-9-3-8-21-20(25)14-24/h2,4-5,12,17,22H,3,6-11,13-14H2,1H3,(H,21,25). The van der Waals surface area contributed by atoms with Gasteiger partial charge in [-0.1, -0.05) is 12.1 Å². The van der Waals surface area contributed by atoms with Gasteiger partial charge in [-0.05, 0) is 57.0 Å². The number of likely N-dealkylation sites (tertiary alicyclic amines) is 1. The molecular formula is C20H28N4O. The largest absolute Gasteiger partial charge is 0.359 e. The number of H-pyrrole nitrogens is 1. The third-order valence-electron chi connectivity index (χ3n) is 5.65. The molecule has 2 N–H and O–H groups in total. The average Bonchev–Trinajstić information content (AvgIpc) is 2.86. The second kappa shape index (κ2) is 7.18. The average molecular weight is 340 g/mol. The number of aromatic nitrogens is 1. The second-order valence-corrected chi connectivity index (χ2v) is 7.51. The lowest BCUT2D eigenvalue weighted by Crippen LogP contribution is -2.46. The number of hydrogen-bond acceptors (Lipinski definition) is 3. The monoisotopic (exact) mass is 340 g/mol. The second-order valence-electron chi connectivity index (χ2n) is 7.51. The highest BCUT2D eigenvalue weighted by atomic mass is 16.2. The molecule has 1 aromatic carbocycles. The van der Waals surface area contributed by atoms with E-state index in [2.05, 4.69) is 51.3 Å². The van der Waals surface area contributed by atoms with E-state index < -0.39 is 0 Å². The Hall–Kier alpha value is -1.85. The molecule has 0 bridgehead atoms. The van der Waals surface area contributed by atoms with Gasteiger partial charge in [0.1, 0.15) is 0 Å². The van der Waals surface area contributed by atoms with Crippen molar-refractivity contribution in [2.24, 2.45) is 0 Å². The summed E-state index contributed by atoms with van der Waals surface area (Å²) in [6, 6.07) is 9.37. The number of benzene rings is 1. The smallest absolute Gasteiger partial charge is 0.234 e. The SMILES string of the molecule is Cc1cc2c(CN3CCC(N4CCCNC(=O)C4)CC3)cccc2[nH]1. The lowest BCUT2D eigenvalue weighted by molar-refractivity contribution is -0.122. The summed E-state index contributed by atoms with van der Waals surface area (Å²) >= 11 is 0. The van der Waals surface area contributed by atoms with Gasteiger partial charge in [-0.3, -0.25) is 14.6 Å². The predicted molar refractivity (Wildman–Crippen MR) is 101 cm³/mol. The van der Waals surface area contributed by atoms with E-state index in [1.54, 1.807) is 0 Å². The molecule has 1 amide bonds. The fourth-order valence-electron chi connectivity index (χ4n) is 4.32. The molecule has 0 saturated carbocycles. The minimum absolute atomic E-state index is 0.189. The maximum Gasteiger partial charge on any atom is 0.234 e. The summed E-state index contributed by atoms with van der Waals surface area (Å²) in [6.07, 6.45) is 3.39. The molecule has 2 fully saturated rings. The Bertz CT molecular complexity index is 745. The molecule has 0 atom stereocenters. The summed E-state index contributed by atoms with van der Waals surface area (Å²) < 4.78 is 0. The summed E-state index contributed by atoms with van der Waals surface area (Å²) in [5, 5.41) is 4.33. The van der Waals surface area contributed by atoms with Crippen LogP contribution < -0.4 is 5.32 Å². The first-order chi connectivity index (χ1) is 12.2. The number of fused-ring (bicyclic) bond motifs is 1. The number of carbonyl (C=O) groups excluding carboxylic acids is 1. The lowest BCUT2D eigenvalue weighted by Gasteiger charge is -2.37. The summed E-state index contributed by atoms with van der Waals surface area (Å²) in [5.74, 6) is 0.189. The van der Waals surface area contributed by atoms with E-state index in [9.17, 15) is 4.79 Å². The van der Waals surface area contributed by atoms with E-state index in [1.165, 1.54) is 22.2 Å². The van der Waals surface area contributed by atoms with Crippen LogP contribution in [0.4, 0.5) is 0 Å². The molecule has 0 radical (unpaired) electrons. The molecule has 5 heteroatoms. The van der Waals surface area contributed by atoms with Crippen molar-refractivity contribution in [3.05, 3.63) is 35.5 Å². The maximum absolute atomic E-state index is 11.8. The van der Waals surface area contributed by atoms with Gasteiger partial charge in [0.05, 0.1) is 6.54 Å². The van der Waals surface area contributed by atoms with Crippen molar-refractivity contribution in [2.75, 3.05) is 32.7 Å². The molecule has 4 rings (SSSR count). The van der Waals surface area contributed by atoms with Crippen molar-refractivity contribution < 1.29 is 4.79 Å². The minimum Gasteiger partial charge on any atom is -0.359 e. The predicted octanol–water partition coefficient (Wildman–Crippen LogP) is 2.26.